The number of hydrogen-bond donors (Lipinski definition) is 1. The van der Waals surface area contributed by atoms with E-state index in [2.05, 4.69) is 12.2 Å². The van der Waals surface area contributed by atoms with Gasteiger partial charge >= 0.3 is 0 Å². The van der Waals surface area contributed by atoms with Crippen LogP contribution < -0.4 is 5.32 Å². The van der Waals surface area contributed by atoms with Gasteiger partial charge in [0, 0.05) is 24.5 Å². The number of thiocarbonyl (C=S) groups is 1. The van der Waals surface area contributed by atoms with Gasteiger partial charge in [0.05, 0.1) is 4.91 Å². The van der Waals surface area contributed by atoms with E-state index in [0.29, 0.717) is 40.2 Å². The van der Waals surface area contributed by atoms with E-state index in [1.807, 2.05) is 18.2 Å². The van der Waals surface area contributed by atoms with Gasteiger partial charge < -0.3 is 5.32 Å². The molecule has 1 aromatic rings. The maximum atomic E-state index is 12.5. The molecule has 0 radical (unpaired) electrons. The molecule has 1 saturated heterocycles. The van der Waals surface area contributed by atoms with Crippen LogP contribution in [0.2, 0.25) is 5.02 Å². The summed E-state index contributed by atoms with van der Waals surface area (Å²) in [6, 6.07) is 7.35. The van der Waals surface area contributed by atoms with E-state index in [9.17, 15) is 9.59 Å². The Kier molecular flexibility index (Phi) is 7.93. The minimum Gasteiger partial charge on any atom is -0.356 e. The number of halogens is 1. The van der Waals surface area contributed by atoms with Crippen molar-refractivity contribution in [1.29, 1.82) is 0 Å². The first-order valence-electron chi connectivity index (χ1n) is 8.29. The van der Waals surface area contributed by atoms with E-state index < -0.39 is 0 Å². The van der Waals surface area contributed by atoms with Crippen LogP contribution in [0.4, 0.5) is 0 Å². The molecule has 0 saturated carbocycles. The molecule has 2 rings (SSSR count). The molecule has 0 bridgehead atoms. The molecular weight excluding hydrogens is 376 g/mol. The highest BCUT2D eigenvalue weighted by molar-refractivity contribution is 8.26. The van der Waals surface area contributed by atoms with E-state index in [0.717, 1.165) is 18.4 Å². The Hall–Kier alpha value is -1.37. The maximum absolute atomic E-state index is 12.5. The molecule has 1 heterocycles. The van der Waals surface area contributed by atoms with E-state index >= 15 is 0 Å². The van der Waals surface area contributed by atoms with Gasteiger partial charge in [0.25, 0.3) is 5.91 Å². The molecule has 2 amide bonds. The first kappa shape index (κ1) is 19.9. The third-order valence-corrected chi connectivity index (χ3v) is 5.43. The molecule has 0 aromatic heterocycles. The summed E-state index contributed by atoms with van der Waals surface area (Å²) in [6.07, 6.45) is 4.77. The summed E-state index contributed by atoms with van der Waals surface area (Å²) >= 11 is 12.7. The van der Waals surface area contributed by atoms with Crippen molar-refractivity contribution in [3.05, 3.63) is 39.8 Å². The van der Waals surface area contributed by atoms with Crippen molar-refractivity contribution >= 4 is 57.8 Å². The number of unbranched alkanes of at least 4 members (excludes halogenated alkanes) is 1. The molecule has 0 unspecified atom stereocenters. The fourth-order valence-corrected chi connectivity index (χ4v) is 3.81. The predicted molar refractivity (Wildman–Crippen MR) is 108 cm³/mol. The van der Waals surface area contributed by atoms with E-state index in [4.69, 9.17) is 23.8 Å². The zero-order chi connectivity index (χ0) is 18.2. The Balaban J connectivity index is 1.89. The number of carbonyl (C=O) groups excluding carboxylic acids is 2. The number of nitrogens with one attached hydrogen (secondary N) is 1. The van der Waals surface area contributed by atoms with Gasteiger partial charge in [0.1, 0.15) is 4.32 Å². The molecule has 4 nitrogen and oxygen atoms in total. The molecule has 1 N–H and O–H groups in total. The molecule has 1 aliphatic heterocycles. The summed E-state index contributed by atoms with van der Waals surface area (Å²) in [7, 11) is 0. The Morgan fingerprint density at radius 3 is 2.84 bits per heavy atom. The molecule has 1 aromatic carbocycles. The molecule has 0 atom stereocenters. The van der Waals surface area contributed by atoms with Gasteiger partial charge in [-0.25, -0.2) is 0 Å². The smallest absolute Gasteiger partial charge is 0.266 e. The van der Waals surface area contributed by atoms with Crippen molar-refractivity contribution in [3.8, 4) is 0 Å². The van der Waals surface area contributed by atoms with Crippen molar-refractivity contribution in [2.24, 2.45) is 0 Å². The Morgan fingerprint density at radius 2 is 2.12 bits per heavy atom. The lowest BCUT2D eigenvalue weighted by Crippen LogP contribution is -2.30. The van der Waals surface area contributed by atoms with Crippen molar-refractivity contribution in [1.82, 2.24) is 10.2 Å². The van der Waals surface area contributed by atoms with E-state index in [1.165, 1.54) is 11.8 Å². The average molecular weight is 397 g/mol. The van der Waals surface area contributed by atoms with Gasteiger partial charge in [0.15, 0.2) is 0 Å². The third-order valence-electron chi connectivity index (χ3n) is 3.70. The molecule has 1 aliphatic rings. The van der Waals surface area contributed by atoms with Gasteiger partial charge in [0.2, 0.25) is 5.91 Å². The molecule has 0 aliphatic carbocycles. The van der Waals surface area contributed by atoms with Crippen LogP contribution >= 0.6 is 35.6 Å². The van der Waals surface area contributed by atoms with Crippen LogP contribution in [0.5, 0.6) is 0 Å². The van der Waals surface area contributed by atoms with Gasteiger partial charge in [-0.15, -0.1) is 0 Å². The normalized spacial score (nSPS) is 15.9. The van der Waals surface area contributed by atoms with E-state index in [1.54, 1.807) is 17.0 Å². The quantitative estimate of drug-likeness (QED) is 0.405. The fraction of sp³-hybridized carbons (Fsp3) is 0.389. The topological polar surface area (TPSA) is 49.4 Å². The van der Waals surface area contributed by atoms with Crippen LogP contribution in [0.1, 0.15) is 38.2 Å². The lowest BCUT2D eigenvalue weighted by atomic mass is 10.2. The number of rotatable bonds is 8. The second-order valence-electron chi connectivity index (χ2n) is 5.66. The second kappa shape index (κ2) is 9.94. The fourth-order valence-electron chi connectivity index (χ4n) is 2.32. The molecule has 25 heavy (non-hydrogen) atoms. The van der Waals surface area contributed by atoms with Crippen LogP contribution in [0.25, 0.3) is 6.08 Å². The molecule has 7 heteroatoms. The first-order chi connectivity index (χ1) is 12.0. The molecule has 134 valence electrons. The highest BCUT2D eigenvalue weighted by Gasteiger charge is 2.31. The second-order valence-corrected chi connectivity index (χ2v) is 7.74. The lowest BCUT2D eigenvalue weighted by molar-refractivity contribution is -0.124. The zero-order valence-corrected chi connectivity index (χ0v) is 16.5. The number of benzene rings is 1. The predicted octanol–water partition coefficient (Wildman–Crippen LogP) is 4.24. The number of amides is 2. The lowest BCUT2D eigenvalue weighted by Gasteiger charge is -2.14. The van der Waals surface area contributed by atoms with Gasteiger partial charge in [-0.05, 0) is 30.5 Å². The SMILES string of the molecule is CCCCNC(=O)CCCN1C(=O)/C(=C/c2ccccc2Cl)SC1=S. The number of nitrogens with zero attached hydrogens (tertiary/aromatic N) is 1. The van der Waals surface area contributed by atoms with Gasteiger partial charge in [-0.3, -0.25) is 14.5 Å². The minimum absolute atomic E-state index is 0.0190. The highest BCUT2D eigenvalue weighted by atomic mass is 35.5. The van der Waals surface area contributed by atoms with Crippen LogP contribution in [0.15, 0.2) is 29.2 Å². The van der Waals surface area contributed by atoms with Crippen molar-refractivity contribution in [2.75, 3.05) is 13.1 Å². The minimum atomic E-state index is -0.124. The zero-order valence-electron chi connectivity index (χ0n) is 14.1. The number of hydrogen-bond acceptors (Lipinski definition) is 4. The van der Waals surface area contributed by atoms with Crippen LogP contribution in [0.3, 0.4) is 0 Å². The number of carbonyl (C=O) groups is 2. The third kappa shape index (κ3) is 5.83. The largest absolute Gasteiger partial charge is 0.356 e. The van der Waals surface area contributed by atoms with E-state index in [-0.39, 0.29) is 11.8 Å². The van der Waals surface area contributed by atoms with Crippen molar-refractivity contribution in [3.63, 3.8) is 0 Å². The van der Waals surface area contributed by atoms with Crippen LogP contribution in [-0.4, -0.2) is 34.1 Å². The Labute approximate surface area is 163 Å². The summed E-state index contributed by atoms with van der Waals surface area (Å²) < 4.78 is 0.523. The van der Waals surface area contributed by atoms with Crippen LogP contribution in [0, 0.1) is 0 Å². The highest BCUT2D eigenvalue weighted by Crippen LogP contribution is 2.33. The molecule has 0 spiro atoms. The van der Waals surface area contributed by atoms with Crippen LogP contribution in [-0.2, 0) is 9.59 Å². The van der Waals surface area contributed by atoms with Gasteiger partial charge in [-0.2, -0.15) is 0 Å². The Bertz CT molecular complexity index is 691. The number of thioether (sulfide) groups is 1. The summed E-state index contributed by atoms with van der Waals surface area (Å²) in [6.45, 7) is 3.24. The molecule has 1 fully saturated rings. The standard InChI is InChI=1S/C18H21ClN2O2S2/c1-2-3-10-20-16(22)9-6-11-21-17(23)15(25-18(21)24)12-13-7-4-5-8-14(13)19/h4-5,7-8,12H,2-3,6,9-11H2,1H3,(H,20,22)/b15-12-. The summed E-state index contributed by atoms with van der Waals surface area (Å²) in [5.74, 6) is -0.105. The maximum Gasteiger partial charge on any atom is 0.266 e. The monoisotopic (exact) mass is 396 g/mol. The van der Waals surface area contributed by atoms with Crippen molar-refractivity contribution < 1.29 is 9.59 Å². The van der Waals surface area contributed by atoms with Gasteiger partial charge in [-0.1, -0.05) is 67.1 Å². The first-order valence-corrected chi connectivity index (χ1v) is 9.89. The summed E-state index contributed by atoms with van der Waals surface area (Å²) in [5, 5.41) is 3.47. The molecular formula is C18H21ClN2O2S2. The average Bonchev–Trinajstić information content (AvgIpc) is 2.84. The Morgan fingerprint density at radius 1 is 1.36 bits per heavy atom. The summed E-state index contributed by atoms with van der Waals surface area (Å²) in [4.78, 5) is 26.4. The van der Waals surface area contributed by atoms with Crippen molar-refractivity contribution in [2.45, 2.75) is 32.6 Å². The summed E-state index contributed by atoms with van der Waals surface area (Å²) in [5.41, 5.74) is 0.792.